The summed E-state index contributed by atoms with van der Waals surface area (Å²) >= 11 is 5.77. The fraction of sp³-hybridized carbons (Fsp3) is 0.125. The predicted octanol–water partition coefficient (Wildman–Crippen LogP) is 2.13. The Bertz CT molecular complexity index is 472. The molecule has 0 aromatic carbocycles. The summed E-state index contributed by atoms with van der Waals surface area (Å²) in [5.41, 5.74) is 0.715. The summed E-state index contributed by atoms with van der Waals surface area (Å²) in [7, 11) is 0. The normalized spacial score (nSPS) is 10.7. The second-order valence-electron chi connectivity index (χ2n) is 2.63. The molecule has 0 amide bonds. The number of hydrogen-bond donors (Lipinski definition) is 0. The minimum absolute atomic E-state index is 0.281. The van der Waals surface area contributed by atoms with Gasteiger partial charge < -0.3 is 0 Å². The van der Waals surface area contributed by atoms with Gasteiger partial charge in [-0.1, -0.05) is 11.6 Å². The molecule has 0 aliphatic rings. The fourth-order valence-corrected chi connectivity index (χ4v) is 1.22. The quantitative estimate of drug-likeness (QED) is 0.480. The van der Waals surface area contributed by atoms with Gasteiger partial charge in [-0.15, -0.1) is 0 Å². The molecule has 2 aromatic heterocycles. The van der Waals surface area contributed by atoms with E-state index >= 15 is 0 Å². The number of aryl methyl sites for hydroxylation is 1. The maximum Gasteiger partial charge on any atom is 0.217 e. The minimum atomic E-state index is -0.526. The van der Waals surface area contributed by atoms with Crippen molar-refractivity contribution in [1.29, 1.82) is 0 Å². The fourth-order valence-electron chi connectivity index (χ4n) is 1.04. The number of halogens is 2. The summed E-state index contributed by atoms with van der Waals surface area (Å²) in [4.78, 5) is 11.2. The van der Waals surface area contributed by atoms with Crippen molar-refractivity contribution < 1.29 is 4.39 Å². The molecule has 2 rings (SSSR count). The van der Waals surface area contributed by atoms with Gasteiger partial charge in [0.2, 0.25) is 5.95 Å². The lowest BCUT2D eigenvalue weighted by atomic mass is 10.2. The van der Waals surface area contributed by atoms with Crippen molar-refractivity contribution in [2.24, 2.45) is 0 Å². The molecule has 0 radical (unpaired) electrons. The van der Waals surface area contributed by atoms with Gasteiger partial charge in [0, 0.05) is 5.56 Å². The topological polar surface area (TPSA) is 38.7 Å². The van der Waals surface area contributed by atoms with Crippen molar-refractivity contribution in [1.82, 2.24) is 15.0 Å². The standard InChI is InChI=1S/C8H5ClFN3/c1-4-2-5-6(9)11-3-12-8(5)13-7(4)10/h2-3H,1H3. The van der Waals surface area contributed by atoms with Gasteiger partial charge in [0.25, 0.3) is 0 Å². The SMILES string of the molecule is Cc1cc2c(Cl)ncnc2nc1F. The zero-order valence-electron chi connectivity index (χ0n) is 6.75. The van der Waals surface area contributed by atoms with Crippen molar-refractivity contribution in [2.45, 2.75) is 6.92 Å². The first-order chi connectivity index (χ1) is 6.18. The van der Waals surface area contributed by atoms with Crippen LogP contribution in [0.3, 0.4) is 0 Å². The van der Waals surface area contributed by atoms with E-state index in [4.69, 9.17) is 11.6 Å². The molecule has 2 heterocycles. The number of rotatable bonds is 0. The first-order valence-corrected chi connectivity index (χ1v) is 3.99. The van der Waals surface area contributed by atoms with E-state index in [0.29, 0.717) is 16.1 Å². The summed E-state index contributed by atoms with van der Waals surface area (Å²) in [6, 6.07) is 1.58. The van der Waals surface area contributed by atoms with Crippen molar-refractivity contribution in [3.8, 4) is 0 Å². The molecule has 0 saturated carbocycles. The van der Waals surface area contributed by atoms with E-state index in [9.17, 15) is 4.39 Å². The van der Waals surface area contributed by atoms with Crippen LogP contribution in [-0.2, 0) is 0 Å². The van der Waals surface area contributed by atoms with E-state index < -0.39 is 5.95 Å². The second kappa shape index (κ2) is 2.88. The molecule has 66 valence electrons. The van der Waals surface area contributed by atoms with E-state index in [1.807, 2.05) is 0 Å². The van der Waals surface area contributed by atoms with Crippen LogP contribution < -0.4 is 0 Å². The van der Waals surface area contributed by atoms with Gasteiger partial charge >= 0.3 is 0 Å². The summed E-state index contributed by atoms with van der Waals surface area (Å²) < 4.78 is 13.0. The largest absolute Gasteiger partial charge is 0.224 e. The monoisotopic (exact) mass is 197 g/mol. The van der Waals surface area contributed by atoms with Crippen LogP contribution in [0.5, 0.6) is 0 Å². The second-order valence-corrected chi connectivity index (χ2v) is 2.99. The molecule has 0 spiro atoms. The van der Waals surface area contributed by atoms with Gasteiger partial charge in [0.05, 0.1) is 5.39 Å². The maximum atomic E-state index is 13.0. The molecule has 13 heavy (non-hydrogen) atoms. The Hall–Kier alpha value is -1.29. The lowest BCUT2D eigenvalue weighted by Gasteiger charge is -1.99. The summed E-state index contributed by atoms with van der Waals surface area (Å²) in [6.45, 7) is 1.62. The van der Waals surface area contributed by atoms with E-state index in [1.165, 1.54) is 6.33 Å². The summed E-state index contributed by atoms with van der Waals surface area (Å²) in [5, 5.41) is 0.865. The zero-order valence-corrected chi connectivity index (χ0v) is 7.51. The predicted molar refractivity (Wildman–Crippen MR) is 47.0 cm³/mol. The van der Waals surface area contributed by atoms with Crippen LogP contribution >= 0.6 is 11.6 Å². The third-order valence-corrected chi connectivity index (χ3v) is 2.01. The van der Waals surface area contributed by atoms with Gasteiger partial charge in [0.1, 0.15) is 11.5 Å². The highest BCUT2D eigenvalue weighted by Gasteiger charge is 2.06. The molecule has 5 heteroatoms. The third kappa shape index (κ3) is 1.33. The number of pyridine rings is 1. The maximum absolute atomic E-state index is 13.0. The molecule has 0 fully saturated rings. The Kier molecular flexibility index (Phi) is 1.84. The van der Waals surface area contributed by atoms with Crippen LogP contribution in [0.2, 0.25) is 5.15 Å². The average Bonchev–Trinajstić information content (AvgIpc) is 2.09. The Morgan fingerprint density at radius 1 is 1.38 bits per heavy atom. The number of aromatic nitrogens is 3. The highest BCUT2D eigenvalue weighted by molar-refractivity contribution is 6.33. The Balaban J connectivity index is 2.89. The van der Waals surface area contributed by atoms with Crippen LogP contribution in [0.15, 0.2) is 12.4 Å². The minimum Gasteiger partial charge on any atom is -0.224 e. The smallest absolute Gasteiger partial charge is 0.217 e. The lowest BCUT2D eigenvalue weighted by molar-refractivity contribution is 0.578. The van der Waals surface area contributed by atoms with Crippen LogP contribution in [0, 0.1) is 12.9 Å². The molecule has 0 N–H and O–H groups in total. The molecular weight excluding hydrogens is 193 g/mol. The van der Waals surface area contributed by atoms with Crippen molar-refractivity contribution in [3.05, 3.63) is 29.1 Å². The first-order valence-electron chi connectivity index (χ1n) is 3.62. The molecule has 0 unspecified atom stereocenters. The van der Waals surface area contributed by atoms with Gasteiger partial charge in [-0.25, -0.2) is 9.97 Å². The van der Waals surface area contributed by atoms with Gasteiger partial charge in [-0.3, -0.25) is 0 Å². The molecular formula is C8H5ClFN3. The highest BCUT2D eigenvalue weighted by atomic mass is 35.5. The average molecular weight is 198 g/mol. The molecule has 0 saturated heterocycles. The van der Waals surface area contributed by atoms with E-state index in [1.54, 1.807) is 13.0 Å². The van der Waals surface area contributed by atoms with Crippen LogP contribution in [0.25, 0.3) is 11.0 Å². The highest BCUT2D eigenvalue weighted by Crippen LogP contribution is 2.19. The van der Waals surface area contributed by atoms with Crippen molar-refractivity contribution in [2.75, 3.05) is 0 Å². The van der Waals surface area contributed by atoms with Crippen molar-refractivity contribution >= 4 is 22.6 Å². The first kappa shape index (κ1) is 8.31. The lowest BCUT2D eigenvalue weighted by Crippen LogP contribution is -1.93. The Morgan fingerprint density at radius 3 is 2.92 bits per heavy atom. The summed E-state index contributed by atoms with van der Waals surface area (Å²) in [5.74, 6) is -0.526. The molecule has 0 aliphatic heterocycles. The number of fused-ring (bicyclic) bond motifs is 1. The molecule has 0 atom stereocenters. The number of nitrogens with zero attached hydrogens (tertiary/aromatic N) is 3. The molecule has 2 aromatic rings. The molecule has 3 nitrogen and oxygen atoms in total. The molecule has 0 aliphatic carbocycles. The Labute approximate surface area is 78.6 Å². The number of hydrogen-bond acceptors (Lipinski definition) is 3. The van der Waals surface area contributed by atoms with E-state index in [0.717, 1.165) is 0 Å². The summed E-state index contributed by atoms with van der Waals surface area (Å²) in [6.07, 6.45) is 1.26. The van der Waals surface area contributed by atoms with Crippen molar-refractivity contribution in [3.63, 3.8) is 0 Å². The van der Waals surface area contributed by atoms with E-state index in [2.05, 4.69) is 15.0 Å². The van der Waals surface area contributed by atoms with Crippen LogP contribution in [0.1, 0.15) is 5.56 Å². The third-order valence-electron chi connectivity index (χ3n) is 1.70. The van der Waals surface area contributed by atoms with Crippen LogP contribution in [-0.4, -0.2) is 15.0 Å². The Morgan fingerprint density at radius 2 is 2.15 bits per heavy atom. The van der Waals surface area contributed by atoms with Gasteiger partial charge in [0.15, 0.2) is 5.65 Å². The van der Waals surface area contributed by atoms with E-state index in [-0.39, 0.29) is 5.65 Å². The zero-order chi connectivity index (χ0) is 9.42. The van der Waals surface area contributed by atoms with Gasteiger partial charge in [-0.2, -0.15) is 9.37 Å². The van der Waals surface area contributed by atoms with Crippen LogP contribution in [0.4, 0.5) is 4.39 Å². The van der Waals surface area contributed by atoms with Gasteiger partial charge in [-0.05, 0) is 13.0 Å². The molecule has 0 bridgehead atoms.